The van der Waals surface area contributed by atoms with Crippen molar-refractivity contribution < 1.29 is 19.3 Å². The first-order chi connectivity index (χ1) is 9.74. The third-order valence-electron chi connectivity index (χ3n) is 3.87. The average molecular weight is 286 g/mol. The van der Waals surface area contributed by atoms with Crippen LogP contribution in [0.2, 0.25) is 0 Å². The molecule has 0 aromatic rings. The normalized spacial score (nSPS) is 31.0. The van der Waals surface area contributed by atoms with Gasteiger partial charge in [-0.2, -0.15) is 0 Å². The molecule has 0 spiro atoms. The lowest BCUT2D eigenvalue weighted by molar-refractivity contribution is -0.191. The summed E-state index contributed by atoms with van der Waals surface area (Å²) in [5.41, 5.74) is 0. The predicted octanol–water partition coefficient (Wildman–Crippen LogP) is 2.69. The monoisotopic (exact) mass is 286 g/mol. The molecule has 1 heterocycles. The highest BCUT2D eigenvalue weighted by Crippen LogP contribution is 2.21. The zero-order valence-corrected chi connectivity index (χ0v) is 13.1. The standard InChI is InChI=1S/C16H30O4/c1-4-5-6-7-8-9-10-11-13-15(17)16(19-3)14(18-2)12-20-13/h10-11,13-17H,4-9,12H2,1-3H3/b11-10+/t13-,14+,15+,16-/m0/s1. The van der Waals surface area contributed by atoms with Gasteiger partial charge in [0.05, 0.1) is 6.61 Å². The first-order valence-electron chi connectivity index (χ1n) is 7.76. The molecule has 20 heavy (non-hydrogen) atoms. The van der Waals surface area contributed by atoms with E-state index in [4.69, 9.17) is 14.2 Å². The number of hydrogen-bond acceptors (Lipinski definition) is 4. The van der Waals surface area contributed by atoms with Crippen molar-refractivity contribution in [1.29, 1.82) is 0 Å². The molecule has 118 valence electrons. The summed E-state index contributed by atoms with van der Waals surface area (Å²) in [6.45, 7) is 2.68. The van der Waals surface area contributed by atoms with Gasteiger partial charge in [0.15, 0.2) is 0 Å². The van der Waals surface area contributed by atoms with Crippen molar-refractivity contribution in [2.45, 2.75) is 69.9 Å². The minimum absolute atomic E-state index is 0.200. The van der Waals surface area contributed by atoms with Gasteiger partial charge >= 0.3 is 0 Å². The second-order valence-electron chi connectivity index (χ2n) is 5.39. The van der Waals surface area contributed by atoms with E-state index in [-0.39, 0.29) is 18.3 Å². The van der Waals surface area contributed by atoms with Crippen molar-refractivity contribution in [3.05, 3.63) is 12.2 Å². The van der Waals surface area contributed by atoms with Crippen molar-refractivity contribution in [3.63, 3.8) is 0 Å². The summed E-state index contributed by atoms with van der Waals surface area (Å²) in [5, 5.41) is 10.2. The molecule has 1 aliphatic rings. The Balaban J connectivity index is 2.29. The Morgan fingerprint density at radius 3 is 2.55 bits per heavy atom. The maximum absolute atomic E-state index is 10.2. The van der Waals surface area contributed by atoms with Crippen LogP contribution >= 0.6 is 0 Å². The van der Waals surface area contributed by atoms with Crippen LogP contribution in [0.25, 0.3) is 0 Å². The van der Waals surface area contributed by atoms with Gasteiger partial charge in [-0.3, -0.25) is 0 Å². The van der Waals surface area contributed by atoms with Crippen LogP contribution < -0.4 is 0 Å². The van der Waals surface area contributed by atoms with E-state index < -0.39 is 6.10 Å². The fourth-order valence-corrected chi connectivity index (χ4v) is 2.57. The van der Waals surface area contributed by atoms with Gasteiger partial charge in [-0.05, 0) is 12.8 Å². The van der Waals surface area contributed by atoms with E-state index in [0.717, 1.165) is 6.42 Å². The van der Waals surface area contributed by atoms with Crippen LogP contribution in [0.3, 0.4) is 0 Å². The van der Waals surface area contributed by atoms with Gasteiger partial charge in [0.2, 0.25) is 0 Å². The SMILES string of the molecule is CCCCCCC/C=C/[C@@H]1OC[C@@H](OC)[C@H](OC)[C@@H]1O. The molecule has 1 aliphatic heterocycles. The van der Waals surface area contributed by atoms with Crippen LogP contribution in [0.4, 0.5) is 0 Å². The summed E-state index contributed by atoms with van der Waals surface area (Å²) in [6, 6.07) is 0. The van der Waals surface area contributed by atoms with E-state index in [1.807, 2.05) is 6.08 Å². The van der Waals surface area contributed by atoms with Gasteiger partial charge in [-0.1, -0.05) is 44.8 Å². The van der Waals surface area contributed by atoms with Gasteiger partial charge in [-0.15, -0.1) is 0 Å². The fraction of sp³-hybridized carbons (Fsp3) is 0.875. The van der Waals surface area contributed by atoms with E-state index in [2.05, 4.69) is 13.0 Å². The molecule has 0 aromatic carbocycles. The fourth-order valence-electron chi connectivity index (χ4n) is 2.57. The van der Waals surface area contributed by atoms with Gasteiger partial charge in [0, 0.05) is 14.2 Å². The number of unbranched alkanes of at least 4 members (excludes halogenated alkanes) is 5. The lowest BCUT2D eigenvalue weighted by Crippen LogP contribution is -2.53. The number of hydrogen-bond donors (Lipinski definition) is 1. The highest BCUT2D eigenvalue weighted by atomic mass is 16.6. The Morgan fingerprint density at radius 2 is 1.90 bits per heavy atom. The number of methoxy groups -OCH3 is 2. The molecule has 0 amide bonds. The van der Waals surface area contributed by atoms with Crippen LogP contribution in [0, 0.1) is 0 Å². The molecule has 1 rings (SSSR count). The molecule has 4 atom stereocenters. The predicted molar refractivity (Wildman–Crippen MR) is 79.9 cm³/mol. The van der Waals surface area contributed by atoms with Gasteiger partial charge in [0.25, 0.3) is 0 Å². The maximum Gasteiger partial charge on any atom is 0.114 e. The average Bonchev–Trinajstić information content (AvgIpc) is 2.47. The Kier molecular flexibility index (Phi) is 9.10. The first-order valence-corrected chi connectivity index (χ1v) is 7.76. The Morgan fingerprint density at radius 1 is 1.15 bits per heavy atom. The third-order valence-corrected chi connectivity index (χ3v) is 3.87. The van der Waals surface area contributed by atoms with E-state index in [1.165, 1.54) is 32.1 Å². The van der Waals surface area contributed by atoms with Crippen molar-refractivity contribution in [1.82, 2.24) is 0 Å². The summed E-state index contributed by atoms with van der Waals surface area (Å²) in [4.78, 5) is 0. The quantitative estimate of drug-likeness (QED) is 0.523. The number of aliphatic hydroxyl groups excluding tert-OH is 1. The summed E-state index contributed by atoms with van der Waals surface area (Å²) < 4.78 is 16.2. The van der Waals surface area contributed by atoms with Crippen LogP contribution in [-0.4, -0.2) is 50.3 Å². The molecule has 4 heteroatoms. The molecule has 1 fully saturated rings. The molecule has 0 unspecified atom stereocenters. The Hall–Kier alpha value is -0.420. The maximum atomic E-state index is 10.2. The summed E-state index contributed by atoms with van der Waals surface area (Å²) in [5.74, 6) is 0. The number of allylic oxidation sites excluding steroid dienone is 1. The molecule has 0 aromatic heterocycles. The van der Waals surface area contributed by atoms with Crippen molar-refractivity contribution >= 4 is 0 Å². The molecule has 0 bridgehead atoms. The first kappa shape index (κ1) is 17.6. The molecule has 0 saturated carbocycles. The van der Waals surface area contributed by atoms with Gasteiger partial charge < -0.3 is 19.3 Å². The molecule has 0 aliphatic carbocycles. The summed E-state index contributed by atoms with van der Waals surface area (Å²) in [7, 11) is 3.21. The lowest BCUT2D eigenvalue weighted by atomic mass is 9.99. The highest BCUT2D eigenvalue weighted by Gasteiger charge is 2.38. The molecule has 0 radical (unpaired) electrons. The van der Waals surface area contributed by atoms with Crippen LogP contribution in [0.5, 0.6) is 0 Å². The van der Waals surface area contributed by atoms with Crippen LogP contribution in [0.15, 0.2) is 12.2 Å². The molecule has 1 saturated heterocycles. The van der Waals surface area contributed by atoms with Crippen molar-refractivity contribution in [2.75, 3.05) is 20.8 Å². The van der Waals surface area contributed by atoms with Gasteiger partial charge in [-0.25, -0.2) is 0 Å². The van der Waals surface area contributed by atoms with Crippen LogP contribution in [-0.2, 0) is 14.2 Å². The number of aliphatic hydroxyl groups is 1. The van der Waals surface area contributed by atoms with Crippen LogP contribution in [0.1, 0.15) is 45.4 Å². The van der Waals surface area contributed by atoms with Crippen molar-refractivity contribution in [3.8, 4) is 0 Å². The summed E-state index contributed by atoms with van der Waals surface area (Å²) >= 11 is 0. The minimum atomic E-state index is -0.671. The largest absolute Gasteiger partial charge is 0.387 e. The van der Waals surface area contributed by atoms with E-state index in [0.29, 0.717) is 6.61 Å². The zero-order valence-electron chi connectivity index (χ0n) is 13.1. The van der Waals surface area contributed by atoms with E-state index >= 15 is 0 Å². The zero-order chi connectivity index (χ0) is 14.8. The van der Waals surface area contributed by atoms with Crippen molar-refractivity contribution in [2.24, 2.45) is 0 Å². The molecule has 1 N–H and O–H groups in total. The van der Waals surface area contributed by atoms with Gasteiger partial charge in [0.1, 0.15) is 24.4 Å². The smallest absolute Gasteiger partial charge is 0.114 e. The second-order valence-corrected chi connectivity index (χ2v) is 5.39. The minimum Gasteiger partial charge on any atom is -0.387 e. The number of ether oxygens (including phenoxy) is 3. The second kappa shape index (κ2) is 10.3. The Labute approximate surface area is 123 Å². The summed E-state index contributed by atoms with van der Waals surface area (Å²) in [6.07, 6.45) is 10.0. The molecular weight excluding hydrogens is 256 g/mol. The Bertz CT molecular complexity index is 267. The number of rotatable bonds is 9. The molecular formula is C16H30O4. The highest BCUT2D eigenvalue weighted by molar-refractivity contribution is 5.00. The molecule has 4 nitrogen and oxygen atoms in total. The topological polar surface area (TPSA) is 47.9 Å². The lowest BCUT2D eigenvalue weighted by Gasteiger charge is -2.37. The van der Waals surface area contributed by atoms with E-state index in [1.54, 1.807) is 14.2 Å². The van der Waals surface area contributed by atoms with E-state index in [9.17, 15) is 5.11 Å². The third kappa shape index (κ3) is 5.52.